The summed E-state index contributed by atoms with van der Waals surface area (Å²) in [7, 11) is 1.57. The van der Waals surface area contributed by atoms with Gasteiger partial charge in [0.1, 0.15) is 11.6 Å². The number of amides is 1. The number of hydrogen-bond acceptors (Lipinski definition) is 4. The largest absolute Gasteiger partial charge is 0.497 e. The number of methoxy groups -OCH3 is 1. The highest BCUT2D eigenvalue weighted by molar-refractivity contribution is 6.34. The Labute approximate surface area is 128 Å². The molecule has 1 aromatic carbocycles. The van der Waals surface area contributed by atoms with Crippen molar-refractivity contribution in [2.24, 2.45) is 0 Å². The Morgan fingerprint density at radius 3 is 2.90 bits per heavy atom. The van der Waals surface area contributed by atoms with E-state index >= 15 is 0 Å². The van der Waals surface area contributed by atoms with Gasteiger partial charge < -0.3 is 15.4 Å². The van der Waals surface area contributed by atoms with E-state index in [0.29, 0.717) is 34.4 Å². The highest BCUT2D eigenvalue weighted by Crippen LogP contribution is 2.21. The van der Waals surface area contributed by atoms with E-state index in [0.717, 1.165) is 0 Å². The quantitative estimate of drug-likeness (QED) is 0.888. The maximum atomic E-state index is 12.3. The first-order valence-electron chi connectivity index (χ1n) is 6.49. The van der Waals surface area contributed by atoms with Crippen LogP contribution in [0.3, 0.4) is 0 Å². The summed E-state index contributed by atoms with van der Waals surface area (Å²) < 4.78 is 5.12. The van der Waals surface area contributed by atoms with Gasteiger partial charge in [-0.05, 0) is 25.1 Å². The molecule has 0 aliphatic heterocycles. The lowest BCUT2D eigenvalue weighted by atomic mass is 10.2. The van der Waals surface area contributed by atoms with Crippen molar-refractivity contribution in [1.82, 2.24) is 4.98 Å². The maximum Gasteiger partial charge on any atom is 0.257 e. The van der Waals surface area contributed by atoms with Crippen LogP contribution in [0.5, 0.6) is 5.75 Å². The molecule has 110 valence electrons. The molecular formula is C15H16ClN3O2. The third-order valence-corrected chi connectivity index (χ3v) is 3.09. The lowest BCUT2D eigenvalue weighted by Gasteiger charge is -2.09. The minimum absolute atomic E-state index is 0.296. The summed E-state index contributed by atoms with van der Waals surface area (Å²) in [5.41, 5.74) is 1.00. The minimum atomic E-state index is -0.296. The number of carbonyl (C=O) groups excluding carboxylic acids is 1. The van der Waals surface area contributed by atoms with E-state index in [-0.39, 0.29) is 5.91 Å². The first-order chi connectivity index (χ1) is 10.1. The van der Waals surface area contributed by atoms with Crippen molar-refractivity contribution in [2.45, 2.75) is 6.92 Å². The molecule has 0 aliphatic carbocycles. The summed E-state index contributed by atoms with van der Waals surface area (Å²) in [6.07, 6.45) is 1.46. The van der Waals surface area contributed by atoms with E-state index in [2.05, 4.69) is 15.6 Å². The summed E-state index contributed by atoms with van der Waals surface area (Å²) in [4.78, 5) is 16.4. The lowest BCUT2D eigenvalue weighted by molar-refractivity contribution is 0.102. The van der Waals surface area contributed by atoms with Crippen LogP contribution in [0.1, 0.15) is 17.3 Å². The highest BCUT2D eigenvalue weighted by Gasteiger charge is 2.12. The number of anilines is 2. The molecule has 0 saturated carbocycles. The number of ether oxygens (including phenoxy) is 1. The van der Waals surface area contributed by atoms with Gasteiger partial charge in [-0.3, -0.25) is 4.79 Å². The maximum absolute atomic E-state index is 12.3. The van der Waals surface area contributed by atoms with Gasteiger partial charge in [0.25, 0.3) is 5.91 Å². The number of halogens is 1. The van der Waals surface area contributed by atoms with Gasteiger partial charge >= 0.3 is 0 Å². The lowest BCUT2D eigenvalue weighted by Crippen LogP contribution is -2.13. The van der Waals surface area contributed by atoms with Gasteiger partial charge in [-0.1, -0.05) is 17.7 Å². The Hall–Kier alpha value is -2.27. The standard InChI is InChI=1S/C15H16ClN3O2/c1-3-17-14-8-12(13(16)9-18-14)15(20)19-10-5-4-6-11(7-10)21-2/h4-9H,3H2,1-2H3,(H,17,18)(H,19,20). The molecule has 0 spiro atoms. The van der Waals surface area contributed by atoms with Crippen LogP contribution in [-0.2, 0) is 0 Å². The number of pyridine rings is 1. The third-order valence-electron chi connectivity index (χ3n) is 2.79. The number of benzene rings is 1. The van der Waals surface area contributed by atoms with Crippen LogP contribution in [0.15, 0.2) is 36.5 Å². The predicted molar refractivity (Wildman–Crippen MR) is 84.4 cm³/mol. The molecule has 0 atom stereocenters. The molecule has 2 N–H and O–H groups in total. The van der Waals surface area contributed by atoms with E-state index in [1.54, 1.807) is 37.4 Å². The Morgan fingerprint density at radius 1 is 1.38 bits per heavy atom. The van der Waals surface area contributed by atoms with Crippen LogP contribution in [0.4, 0.5) is 11.5 Å². The number of nitrogens with one attached hydrogen (secondary N) is 2. The Kier molecular flexibility index (Phi) is 5.00. The Balaban J connectivity index is 2.21. The fourth-order valence-corrected chi connectivity index (χ4v) is 1.98. The Bertz CT molecular complexity index is 647. The van der Waals surface area contributed by atoms with Crippen molar-refractivity contribution in [3.63, 3.8) is 0 Å². The molecule has 0 radical (unpaired) electrons. The van der Waals surface area contributed by atoms with Gasteiger partial charge in [0.2, 0.25) is 0 Å². The SMILES string of the molecule is CCNc1cc(C(=O)Nc2cccc(OC)c2)c(Cl)cn1. The average Bonchev–Trinajstić information content (AvgIpc) is 2.49. The molecule has 0 aliphatic rings. The van der Waals surface area contributed by atoms with Crippen molar-refractivity contribution in [3.8, 4) is 5.75 Å². The van der Waals surface area contributed by atoms with E-state index in [4.69, 9.17) is 16.3 Å². The molecule has 0 fully saturated rings. The van der Waals surface area contributed by atoms with E-state index < -0.39 is 0 Å². The summed E-state index contributed by atoms with van der Waals surface area (Å²) >= 11 is 6.04. The average molecular weight is 306 g/mol. The molecule has 6 heteroatoms. The molecule has 5 nitrogen and oxygen atoms in total. The zero-order chi connectivity index (χ0) is 15.2. The molecule has 1 heterocycles. The van der Waals surface area contributed by atoms with Crippen molar-refractivity contribution in [2.75, 3.05) is 24.3 Å². The zero-order valence-corrected chi connectivity index (χ0v) is 12.6. The van der Waals surface area contributed by atoms with E-state index in [1.807, 2.05) is 6.92 Å². The summed E-state index contributed by atoms with van der Waals surface area (Å²) in [6.45, 7) is 2.66. The van der Waals surface area contributed by atoms with Gasteiger partial charge in [-0.2, -0.15) is 0 Å². The number of carbonyl (C=O) groups is 1. The van der Waals surface area contributed by atoms with E-state index in [1.165, 1.54) is 6.20 Å². The molecule has 0 saturated heterocycles. The van der Waals surface area contributed by atoms with Gasteiger partial charge in [0.05, 0.1) is 17.7 Å². The first kappa shape index (κ1) is 15.1. The minimum Gasteiger partial charge on any atom is -0.497 e. The number of rotatable bonds is 5. The smallest absolute Gasteiger partial charge is 0.257 e. The second-order valence-electron chi connectivity index (χ2n) is 4.27. The van der Waals surface area contributed by atoms with Crippen LogP contribution in [0.25, 0.3) is 0 Å². The van der Waals surface area contributed by atoms with Crippen LogP contribution < -0.4 is 15.4 Å². The van der Waals surface area contributed by atoms with Crippen LogP contribution >= 0.6 is 11.6 Å². The van der Waals surface area contributed by atoms with Crippen LogP contribution in [0, 0.1) is 0 Å². The molecule has 1 aromatic heterocycles. The molecule has 2 rings (SSSR count). The molecule has 0 bridgehead atoms. The van der Waals surface area contributed by atoms with Gasteiger partial charge in [-0.15, -0.1) is 0 Å². The summed E-state index contributed by atoms with van der Waals surface area (Å²) in [5.74, 6) is 0.981. The highest BCUT2D eigenvalue weighted by atomic mass is 35.5. The van der Waals surface area contributed by atoms with E-state index in [9.17, 15) is 4.79 Å². The number of hydrogen-bond donors (Lipinski definition) is 2. The molecule has 1 amide bonds. The van der Waals surface area contributed by atoms with Gasteiger partial charge in [0, 0.05) is 24.5 Å². The molecular weight excluding hydrogens is 290 g/mol. The fourth-order valence-electron chi connectivity index (χ4n) is 1.79. The first-order valence-corrected chi connectivity index (χ1v) is 6.86. The van der Waals surface area contributed by atoms with Crippen LogP contribution in [0.2, 0.25) is 5.02 Å². The molecule has 2 aromatic rings. The third kappa shape index (κ3) is 3.86. The number of nitrogens with zero attached hydrogens (tertiary/aromatic N) is 1. The van der Waals surface area contributed by atoms with Crippen molar-refractivity contribution >= 4 is 29.0 Å². The summed E-state index contributed by atoms with van der Waals surface area (Å²) in [6, 6.07) is 8.74. The Morgan fingerprint density at radius 2 is 2.19 bits per heavy atom. The summed E-state index contributed by atoms with van der Waals surface area (Å²) in [5, 5.41) is 6.13. The topological polar surface area (TPSA) is 63.2 Å². The number of aromatic nitrogens is 1. The molecule has 21 heavy (non-hydrogen) atoms. The van der Waals surface area contributed by atoms with Crippen molar-refractivity contribution in [1.29, 1.82) is 0 Å². The second kappa shape index (κ2) is 6.95. The second-order valence-corrected chi connectivity index (χ2v) is 4.67. The predicted octanol–water partition coefficient (Wildman–Crippen LogP) is 3.43. The van der Waals surface area contributed by atoms with Gasteiger partial charge in [0.15, 0.2) is 0 Å². The molecule has 0 unspecified atom stereocenters. The van der Waals surface area contributed by atoms with Crippen molar-refractivity contribution < 1.29 is 9.53 Å². The van der Waals surface area contributed by atoms with Crippen LogP contribution in [-0.4, -0.2) is 24.5 Å². The fraction of sp³-hybridized carbons (Fsp3) is 0.200. The monoisotopic (exact) mass is 305 g/mol. The zero-order valence-electron chi connectivity index (χ0n) is 11.8. The van der Waals surface area contributed by atoms with Crippen molar-refractivity contribution in [3.05, 3.63) is 47.1 Å². The van der Waals surface area contributed by atoms with Gasteiger partial charge in [-0.25, -0.2) is 4.98 Å². The normalized spacial score (nSPS) is 10.0.